The van der Waals surface area contributed by atoms with Gasteiger partial charge in [0.15, 0.2) is 0 Å². The topological polar surface area (TPSA) is 45.3 Å². The lowest BCUT2D eigenvalue weighted by Crippen LogP contribution is -2.33. The number of nitrogens with zero attached hydrogens (tertiary/aromatic N) is 1. The van der Waals surface area contributed by atoms with Gasteiger partial charge >= 0.3 is 0 Å². The summed E-state index contributed by atoms with van der Waals surface area (Å²) in [6.45, 7) is 1.71. The van der Waals surface area contributed by atoms with Gasteiger partial charge in [0, 0.05) is 29.2 Å². The minimum atomic E-state index is -0.0175. The molecule has 0 bridgehead atoms. The summed E-state index contributed by atoms with van der Waals surface area (Å²) in [5.41, 5.74) is 0.583. The molecule has 0 radical (unpaired) electrons. The first-order valence-electron chi connectivity index (χ1n) is 5.85. The molecular formula is C13H15BrN2O2S. The average Bonchev–Trinajstić information content (AvgIpc) is 3.05. The van der Waals surface area contributed by atoms with Gasteiger partial charge in [-0.05, 0) is 33.4 Å². The number of ether oxygens (including phenoxy) is 1. The lowest BCUT2D eigenvalue weighted by Gasteiger charge is -2.21. The van der Waals surface area contributed by atoms with E-state index in [1.807, 2.05) is 17.5 Å². The van der Waals surface area contributed by atoms with Crippen LogP contribution in [-0.2, 0) is 11.3 Å². The van der Waals surface area contributed by atoms with E-state index in [-0.39, 0.29) is 5.91 Å². The predicted octanol–water partition coefficient (Wildman–Crippen LogP) is 3.13. The van der Waals surface area contributed by atoms with Crippen LogP contribution in [0, 0.1) is 0 Å². The van der Waals surface area contributed by atoms with E-state index in [0.29, 0.717) is 25.4 Å². The van der Waals surface area contributed by atoms with E-state index in [2.05, 4.69) is 20.9 Å². The first kappa shape index (κ1) is 14.3. The second-order valence-corrected chi connectivity index (χ2v) is 5.98. The molecule has 0 atom stereocenters. The molecule has 0 aliphatic rings. The summed E-state index contributed by atoms with van der Waals surface area (Å²) in [5, 5.41) is 2.01. The SMILES string of the molecule is COCCN(Cc1cccs1)C(=O)c1cc(Br)c[nH]1. The highest BCUT2D eigenvalue weighted by Crippen LogP contribution is 2.16. The zero-order valence-electron chi connectivity index (χ0n) is 10.6. The number of aromatic amines is 1. The highest BCUT2D eigenvalue weighted by atomic mass is 79.9. The van der Waals surface area contributed by atoms with Crippen molar-refractivity contribution in [3.8, 4) is 0 Å². The second kappa shape index (κ2) is 6.88. The van der Waals surface area contributed by atoms with Crippen molar-refractivity contribution in [3.05, 3.63) is 44.8 Å². The summed E-state index contributed by atoms with van der Waals surface area (Å²) in [6, 6.07) is 5.81. The molecule has 0 fully saturated rings. The molecule has 0 saturated heterocycles. The van der Waals surface area contributed by atoms with Gasteiger partial charge in [0.25, 0.3) is 5.91 Å². The molecular weight excluding hydrogens is 328 g/mol. The molecule has 2 aromatic rings. The Balaban J connectivity index is 2.10. The van der Waals surface area contributed by atoms with Crippen molar-refractivity contribution in [2.75, 3.05) is 20.3 Å². The van der Waals surface area contributed by atoms with Crippen molar-refractivity contribution in [2.45, 2.75) is 6.54 Å². The molecule has 0 spiro atoms. The number of aromatic nitrogens is 1. The van der Waals surface area contributed by atoms with Crippen molar-refractivity contribution in [2.24, 2.45) is 0 Å². The summed E-state index contributed by atoms with van der Waals surface area (Å²) in [7, 11) is 1.64. The van der Waals surface area contributed by atoms with E-state index < -0.39 is 0 Å². The highest BCUT2D eigenvalue weighted by molar-refractivity contribution is 9.10. The van der Waals surface area contributed by atoms with Crippen LogP contribution in [0.3, 0.4) is 0 Å². The van der Waals surface area contributed by atoms with Crippen LogP contribution in [0.1, 0.15) is 15.4 Å². The van der Waals surface area contributed by atoms with Gasteiger partial charge in [-0.2, -0.15) is 0 Å². The van der Waals surface area contributed by atoms with Crippen molar-refractivity contribution in [1.29, 1.82) is 0 Å². The Morgan fingerprint density at radius 3 is 3.00 bits per heavy atom. The molecule has 102 valence electrons. The fourth-order valence-corrected chi connectivity index (χ4v) is 2.77. The highest BCUT2D eigenvalue weighted by Gasteiger charge is 2.17. The third-order valence-electron chi connectivity index (χ3n) is 2.66. The van der Waals surface area contributed by atoms with Crippen LogP contribution in [0.4, 0.5) is 0 Å². The fraction of sp³-hybridized carbons (Fsp3) is 0.308. The van der Waals surface area contributed by atoms with Gasteiger partial charge in [-0.15, -0.1) is 11.3 Å². The number of H-pyrrole nitrogens is 1. The fourth-order valence-electron chi connectivity index (χ4n) is 1.71. The zero-order valence-corrected chi connectivity index (χ0v) is 13.0. The second-order valence-electron chi connectivity index (χ2n) is 4.03. The number of nitrogens with one attached hydrogen (secondary N) is 1. The quantitative estimate of drug-likeness (QED) is 0.876. The van der Waals surface area contributed by atoms with Crippen molar-refractivity contribution >= 4 is 33.2 Å². The lowest BCUT2D eigenvalue weighted by molar-refractivity contribution is 0.0677. The number of hydrogen-bond acceptors (Lipinski definition) is 3. The largest absolute Gasteiger partial charge is 0.383 e. The van der Waals surface area contributed by atoms with Gasteiger partial charge in [0.1, 0.15) is 5.69 Å². The van der Waals surface area contributed by atoms with Crippen LogP contribution in [-0.4, -0.2) is 36.1 Å². The minimum absolute atomic E-state index is 0.0175. The van der Waals surface area contributed by atoms with Gasteiger partial charge in [-0.3, -0.25) is 4.79 Å². The average molecular weight is 343 g/mol. The maximum absolute atomic E-state index is 12.4. The van der Waals surface area contributed by atoms with E-state index in [0.717, 1.165) is 9.35 Å². The maximum Gasteiger partial charge on any atom is 0.270 e. The third kappa shape index (κ3) is 3.92. The van der Waals surface area contributed by atoms with Crippen molar-refractivity contribution < 1.29 is 9.53 Å². The third-order valence-corrected chi connectivity index (χ3v) is 3.98. The van der Waals surface area contributed by atoms with E-state index in [4.69, 9.17) is 4.74 Å². The molecule has 1 amide bonds. The van der Waals surface area contributed by atoms with E-state index in [1.54, 1.807) is 35.6 Å². The van der Waals surface area contributed by atoms with Crippen molar-refractivity contribution in [3.63, 3.8) is 0 Å². The van der Waals surface area contributed by atoms with E-state index in [9.17, 15) is 4.79 Å². The zero-order chi connectivity index (χ0) is 13.7. The Kier molecular flexibility index (Phi) is 5.18. The first-order chi connectivity index (χ1) is 9.20. The van der Waals surface area contributed by atoms with Crippen LogP contribution in [0.15, 0.2) is 34.2 Å². The number of carbonyl (C=O) groups is 1. The number of thiophene rings is 1. The number of carbonyl (C=O) groups excluding carboxylic acids is 1. The Labute approximate surface area is 124 Å². The van der Waals surface area contributed by atoms with Gasteiger partial charge in [-0.25, -0.2) is 0 Å². The molecule has 1 N–H and O–H groups in total. The smallest absolute Gasteiger partial charge is 0.270 e. The monoisotopic (exact) mass is 342 g/mol. The summed E-state index contributed by atoms with van der Waals surface area (Å²) in [5.74, 6) is -0.0175. The van der Waals surface area contributed by atoms with Crippen LogP contribution in [0.2, 0.25) is 0 Å². The number of methoxy groups -OCH3 is 1. The van der Waals surface area contributed by atoms with Gasteiger partial charge in [0.2, 0.25) is 0 Å². The number of halogens is 1. The normalized spacial score (nSPS) is 10.6. The number of amides is 1. The van der Waals surface area contributed by atoms with Crippen LogP contribution < -0.4 is 0 Å². The molecule has 2 rings (SSSR count). The summed E-state index contributed by atoms with van der Waals surface area (Å²) in [4.78, 5) is 18.3. The van der Waals surface area contributed by atoms with Crippen LogP contribution in [0.5, 0.6) is 0 Å². The molecule has 0 aliphatic heterocycles. The molecule has 2 heterocycles. The molecule has 0 aliphatic carbocycles. The molecule has 0 aromatic carbocycles. The van der Waals surface area contributed by atoms with Crippen LogP contribution in [0.25, 0.3) is 0 Å². The summed E-state index contributed by atoms with van der Waals surface area (Å²) >= 11 is 4.99. The molecule has 6 heteroatoms. The maximum atomic E-state index is 12.4. The summed E-state index contributed by atoms with van der Waals surface area (Å²) in [6.07, 6.45) is 1.76. The predicted molar refractivity (Wildman–Crippen MR) is 79.4 cm³/mol. The number of rotatable bonds is 6. The molecule has 0 unspecified atom stereocenters. The first-order valence-corrected chi connectivity index (χ1v) is 7.52. The molecule has 2 aromatic heterocycles. The van der Waals surface area contributed by atoms with E-state index >= 15 is 0 Å². The van der Waals surface area contributed by atoms with Crippen LogP contribution >= 0.6 is 27.3 Å². The van der Waals surface area contributed by atoms with Gasteiger partial charge in [0.05, 0.1) is 13.2 Å². The van der Waals surface area contributed by atoms with Gasteiger partial charge < -0.3 is 14.6 Å². The Hall–Kier alpha value is -1.11. The lowest BCUT2D eigenvalue weighted by atomic mass is 10.3. The number of hydrogen-bond donors (Lipinski definition) is 1. The Bertz CT molecular complexity index is 524. The molecule has 4 nitrogen and oxygen atoms in total. The van der Waals surface area contributed by atoms with E-state index in [1.165, 1.54) is 0 Å². The standard InChI is InChI=1S/C13H15BrN2O2S/c1-18-5-4-16(9-11-3-2-6-19-11)13(17)12-7-10(14)8-15-12/h2-3,6-8,15H,4-5,9H2,1H3. The van der Waals surface area contributed by atoms with Gasteiger partial charge in [-0.1, -0.05) is 6.07 Å². The minimum Gasteiger partial charge on any atom is -0.383 e. The van der Waals surface area contributed by atoms with Crippen molar-refractivity contribution in [1.82, 2.24) is 9.88 Å². The Morgan fingerprint density at radius 2 is 2.42 bits per heavy atom. The molecule has 0 saturated carbocycles. The molecule has 19 heavy (non-hydrogen) atoms. The summed E-state index contributed by atoms with van der Waals surface area (Å²) < 4.78 is 5.95. The Morgan fingerprint density at radius 1 is 1.58 bits per heavy atom.